The molecule has 0 saturated carbocycles. The Kier molecular flexibility index (Phi) is 5.26. The summed E-state index contributed by atoms with van der Waals surface area (Å²) in [6.45, 7) is 7.10. The SMILES string of the molecule is C=C(C)C(=O)Oc1ccc(/C=C\C(=O)c2ccc(C)cc2)cc1. The van der Waals surface area contributed by atoms with E-state index in [1.807, 2.05) is 31.2 Å². The second-order valence-electron chi connectivity index (χ2n) is 5.30. The van der Waals surface area contributed by atoms with E-state index in [-0.39, 0.29) is 5.78 Å². The zero-order chi connectivity index (χ0) is 16.8. The van der Waals surface area contributed by atoms with Crippen molar-refractivity contribution in [1.29, 1.82) is 0 Å². The van der Waals surface area contributed by atoms with Crippen molar-refractivity contribution in [3.05, 3.63) is 83.4 Å². The molecule has 0 saturated heterocycles. The first kappa shape index (κ1) is 16.4. The number of ketones is 1. The van der Waals surface area contributed by atoms with Crippen LogP contribution in [0.2, 0.25) is 0 Å². The van der Waals surface area contributed by atoms with Crippen LogP contribution in [0.4, 0.5) is 0 Å². The summed E-state index contributed by atoms with van der Waals surface area (Å²) in [6, 6.07) is 14.3. The molecule has 0 unspecified atom stereocenters. The van der Waals surface area contributed by atoms with Crippen molar-refractivity contribution in [3.63, 3.8) is 0 Å². The molecular weight excluding hydrogens is 288 g/mol. The molecule has 0 aromatic heterocycles. The molecule has 0 bridgehead atoms. The van der Waals surface area contributed by atoms with E-state index in [4.69, 9.17) is 4.74 Å². The van der Waals surface area contributed by atoms with E-state index in [9.17, 15) is 9.59 Å². The van der Waals surface area contributed by atoms with Crippen LogP contribution in [0, 0.1) is 6.92 Å². The minimum absolute atomic E-state index is 0.0530. The molecule has 23 heavy (non-hydrogen) atoms. The van der Waals surface area contributed by atoms with Gasteiger partial charge in [0.15, 0.2) is 5.78 Å². The minimum atomic E-state index is -0.456. The van der Waals surface area contributed by atoms with E-state index < -0.39 is 5.97 Å². The number of hydrogen-bond donors (Lipinski definition) is 0. The number of benzene rings is 2. The van der Waals surface area contributed by atoms with Gasteiger partial charge in [0.2, 0.25) is 0 Å². The topological polar surface area (TPSA) is 43.4 Å². The van der Waals surface area contributed by atoms with Gasteiger partial charge in [-0.25, -0.2) is 4.79 Å². The third-order valence-corrected chi connectivity index (χ3v) is 3.20. The highest BCUT2D eigenvalue weighted by molar-refractivity contribution is 6.06. The summed E-state index contributed by atoms with van der Waals surface area (Å²) in [7, 11) is 0. The third kappa shape index (κ3) is 4.78. The van der Waals surface area contributed by atoms with Crippen molar-refractivity contribution < 1.29 is 14.3 Å². The number of allylic oxidation sites excluding steroid dienone is 1. The van der Waals surface area contributed by atoms with E-state index in [1.54, 1.807) is 37.3 Å². The summed E-state index contributed by atoms with van der Waals surface area (Å²) in [5.41, 5.74) is 2.96. The highest BCUT2D eigenvalue weighted by Gasteiger charge is 2.05. The molecule has 3 heteroatoms. The van der Waals surface area contributed by atoms with E-state index in [0.717, 1.165) is 11.1 Å². The number of hydrogen-bond acceptors (Lipinski definition) is 3. The largest absolute Gasteiger partial charge is 0.423 e. The number of esters is 1. The first-order chi connectivity index (χ1) is 11.0. The van der Waals surface area contributed by atoms with Crippen LogP contribution in [0.15, 0.2) is 66.8 Å². The second kappa shape index (κ2) is 7.36. The molecule has 116 valence electrons. The smallest absolute Gasteiger partial charge is 0.338 e. The zero-order valence-electron chi connectivity index (χ0n) is 13.2. The average molecular weight is 306 g/mol. The van der Waals surface area contributed by atoms with E-state index >= 15 is 0 Å². The Morgan fingerprint density at radius 3 is 2.17 bits per heavy atom. The van der Waals surface area contributed by atoms with Crippen molar-refractivity contribution in [2.75, 3.05) is 0 Å². The lowest BCUT2D eigenvalue weighted by molar-refractivity contribution is -0.130. The summed E-state index contributed by atoms with van der Waals surface area (Å²) in [5, 5.41) is 0. The lowest BCUT2D eigenvalue weighted by Gasteiger charge is -2.03. The maximum absolute atomic E-state index is 12.1. The predicted octanol–water partition coefficient (Wildman–Crippen LogP) is 4.37. The van der Waals surface area contributed by atoms with Gasteiger partial charge in [-0.3, -0.25) is 4.79 Å². The van der Waals surface area contributed by atoms with Crippen molar-refractivity contribution in [3.8, 4) is 5.75 Å². The van der Waals surface area contributed by atoms with Crippen LogP contribution < -0.4 is 4.74 Å². The van der Waals surface area contributed by atoms with Gasteiger partial charge in [0, 0.05) is 11.1 Å². The molecule has 0 aliphatic carbocycles. The maximum atomic E-state index is 12.1. The number of aryl methyl sites for hydroxylation is 1. The van der Waals surface area contributed by atoms with E-state index in [0.29, 0.717) is 16.9 Å². The van der Waals surface area contributed by atoms with Crippen LogP contribution in [0.1, 0.15) is 28.4 Å². The molecule has 0 aliphatic heterocycles. The summed E-state index contributed by atoms with van der Waals surface area (Å²) in [5.74, 6) is -0.0642. The van der Waals surface area contributed by atoms with Crippen molar-refractivity contribution in [2.24, 2.45) is 0 Å². The third-order valence-electron chi connectivity index (χ3n) is 3.20. The molecule has 0 atom stereocenters. The second-order valence-corrected chi connectivity index (χ2v) is 5.30. The Hall–Kier alpha value is -2.94. The quantitative estimate of drug-likeness (QED) is 0.356. The van der Waals surface area contributed by atoms with Gasteiger partial charge < -0.3 is 4.74 Å². The van der Waals surface area contributed by atoms with Gasteiger partial charge in [-0.05, 0) is 37.6 Å². The summed E-state index contributed by atoms with van der Waals surface area (Å²) >= 11 is 0. The molecule has 0 amide bonds. The Morgan fingerprint density at radius 2 is 1.61 bits per heavy atom. The summed E-state index contributed by atoms with van der Waals surface area (Å²) in [6.07, 6.45) is 3.26. The van der Waals surface area contributed by atoms with Gasteiger partial charge in [-0.2, -0.15) is 0 Å². The lowest BCUT2D eigenvalue weighted by atomic mass is 10.1. The van der Waals surface area contributed by atoms with E-state index in [2.05, 4.69) is 6.58 Å². The Morgan fingerprint density at radius 1 is 1.00 bits per heavy atom. The molecule has 0 spiro atoms. The van der Waals surface area contributed by atoms with Gasteiger partial charge in [0.1, 0.15) is 5.75 Å². The highest BCUT2D eigenvalue weighted by atomic mass is 16.5. The normalized spacial score (nSPS) is 10.5. The van der Waals surface area contributed by atoms with Gasteiger partial charge >= 0.3 is 5.97 Å². The fourth-order valence-corrected chi connectivity index (χ4v) is 1.83. The first-order valence-corrected chi connectivity index (χ1v) is 7.22. The van der Waals surface area contributed by atoms with Crippen LogP contribution >= 0.6 is 0 Å². The summed E-state index contributed by atoms with van der Waals surface area (Å²) < 4.78 is 5.11. The lowest BCUT2D eigenvalue weighted by Crippen LogP contribution is -2.07. The van der Waals surface area contributed by atoms with Crippen molar-refractivity contribution in [2.45, 2.75) is 13.8 Å². The van der Waals surface area contributed by atoms with Crippen LogP contribution in [-0.4, -0.2) is 11.8 Å². The summed E-state index contributed by atoms with van der Waals surface area (Å²) in [4.78, 5) is 23.5. The number of carbonyl (C=O) groups excluding carboxylic acids is 2. The molecule has 3 nitrogen and oxygen atoms in total. The number of carbonyl (C=O) groups is 2. The monoisotopic (exact) mass is 306 g/mol. The maximum Gasteiger partial charge on any atom is 0.338 e. The van der Waals surface area contributed by atoms with Gasteiger partial charge in [-0.1, -0.05) is 54.6 Å². The van der Waals surface area contributed by atoms with Crippen LogP contribution in [0.5, 0.6) is 5.75 Å². The van der Waals surface area contributed by atoms with Gasteiger partial charge in [0.25, 0.3) is 0 Å². The molecule has 2 rings (SSSR count). The molecule has 0 heterocycles. The molecule has 2 aromatic rings. The zero-order valence-corrected chi connectivity index (χ0v) is 13.2. The van der Waals surface area contributed by atoms with Crippen molar-refractivity contribution >= 4 is 17.8 Å². The van der Waals surface area contributed by atoms with E-state index in [1.165, 1.54) is 6.08 Å². The fraction of sp³-hybridized carbons (Fsp3) is 0.100. The average Bonchev–Trinajstić information content (AvgIpc) is 2.54. The Bertz CT molecular complexity index is 750. The predicted molar refractivity (Wildman–Crippen MR) is 91.4 cm³/mol. The Labute approximate surface area is 135 Å². The van der Waals surface area contributed by atoms with Gasteiger partial charge in [0.05, 0.1) is 0 Å². The minimum Gasteiger partial charge on any atom is -0.423 e. The van der Waals surface area contributed by atoms with Crippen LogP contribution in [0.25, 0.3) is 6.08 Å². The van der Waals surface area contributed by atoms with Crippen molar-refractivity contribution in [1.82, 2.24) is 0 Å². The number of ether oxygens (including phenoxy) is 1. The van der Waals surface area contributed by atoms with Gasteiger partial charge in [-0.15, -0.1) is 0 Å². The molecule has 0 fully saturated rings. The highest BCUT2D eigenvalue weighted by Crippen LogP contribution is 2.15. The fourth-order valence-electron chi connectivity index (χ4n) is 1.83. The first-order valence-electron chi connectivity index (χ1n) is 7.22. The standard InChI is InChI=1S/C20H18O3/c1-14(2)20(22)23-18-11-6-16(7-12-18)8-13-19(21)17-9-4-15(3)5-10-17/h4-13H,1H2,2-3H3/b13-8-. The van der Waals surface area contributed by atoms with Crippen LogP contribution in [0.3, 0.4) is 0 Å². The van der Waals surface area contributed by atoms with Crippen LogP contribution in [-0.2, 0) is 4.79 Å². The Balaban J connectivity index is 2.02. The molecular formula is C20H18O3. The molecule has 0 radical (unpaired) electrons. The molecule has 0 aliphatic rings. The molecule has 0 N–H and O–H groups in total. The molecule has 2 aromatic carbocycles. The number of rotatable bonds is 5.